The van der Waals surface area contributed by atoms with E-state index in [4.69, 9.17) is 5.73 Å². The normalized spacial score (nSPS) is 17.2. The van der Waals surface area contributed by atoms with Crippen LogP contribution in [0.3, 0.4) is 0 Å². The summed E-state index contributed by atoms with van der Waals surface area (Å²) in [7, 11) is 0. The molecule has 1 atom stereocenters. The third-order valence-electron chi connectivity index (χ3n) is 4.77. The van der Waals surface area contributed by atoms with Crippen molar-refractivity contribution < 1.29 is 4.79 Å². The molecule has 1 aromatic heterocycles. The van der Waals surface area contributed by atoms with E-state index in [0.29, 0.717) is 13.0 Å². The highest BCUT2D eigenvalue weighted by molar-refractivity contribution is 5.80. The van der Waals surface area contributed by atoms with E-state index in [1.807, 2.05) is 41.2 Å². The lowest BCUT2D eigenvalue weighted by molar-refractivity contribution is -0.124. The van der Waals surface area contributed by atoms with Crippen molar-refractivity contribution in [1.82, 2.24) is 14.7 Å². The molecule has 0 saturated heterocycles. The van der Waals surface area contributed by atoms with Crippen LogP contribution in [0, 0.1) is 0 Å². The molecule has 0 spiro atoms. The van der Waals surface area contributed by atoms with Crippen LogP contribution in [0.2, 0.25) is 0 Å². The fourth-order valence-electron chi connectivity index (χ4n) is 3.43. The summed E-state index contributed by atoms with van der Waals surface area (Å²) >= 11 is 0. The number of rotatable bonds is 4. The molecule has 1 amide bonds. The largest absolute Gasteiger partial charge is 0.368 e. The average molecular weight is 332 g/mol. The molecule has 5 nitrogen and oxygen atoms in total. The smallest absolute Gasteiger partial charge is 0.235 e. The first-order chi connectivity index (χ1) is 12.2. The zero-order chi connectivity index (χ0) is 17.2. The predicted molar refractivity (Wildman–Crippen MR) is 95.9 cm³/mol. The van der Waals surface area contributed by atoms with Crippen LogP contribution >= 0.6 is 0 Å². The van der Waals surface area contributed by atoms with E-state index in [0.717, 1.165) is 17.8 Å². The monoisotopic (exact) mass is 332 g/mol. The van der Waals surface area contributed by atoms with Gasteiger partial charge in [-0.05, 0) is 41.3 Å². The summed E-state index contributed by atoms with van der Waals surface area (Å²) in [4.78, 5) is 14.1. The van der Waals surface area contributed by atoms with Crippen LogP contribution in [0.1, 0.15) is 16.7 Å². The lowest BCUT2D eigenvalue weighted by Gasteiger charge is -2.35. The Hall–Kier alpha value is -2.92. The second kappa shape index (κ2) is 6.53. The van der Waals surface area contributed by atoms with Gasteiger partial charge in [0.15, 0.2) is 0 Å². The van der Waals surface area contributed by atoms with Crippen LogP contribution in [-0.4, -0.2) is 26.6 Å². The number of aromatic nitrogens is 2. The minimum Gasteiger partial charge on any atom is -0.368 e. The van der Waals surface area contributed by atoms with E-state index in [2.05, 4.69) is 34.3 Å². The molecule has 4 rings (SSSR count). The van der Waals surface area contributed by atoms with Gasteiger partial charge in [0.2, 0.25) is 5.91 Å². The highest BCUT2D eigenvalue weighted by Gasteiger charge is 2.29. The molecule has 2 heterocycles. The minimum absolute atomic E-state index is 0.261. The molecule has 0 fully saturated rings. The van der Waals surface area contributed by atoms with Crippen molar-refractivity contribution in [1.29, 1.82) is 0 Å². The molecule has 2 N–H and O–H groups in total. The maximum absolute atomic E-state index is 11.9. The quantitative estimate of drug-likeness (QED) is 0.797. The van der Waals surface area contributed by atoms with Crippen molar-refractivity contribution in [3.8, 4) is 5.69 Å². The van der Waals surface area contributed by atoms with Crippen molar-refractivity contribution in [3.05, 3.63) is 83.7 Å². The van der Waals surface area contributed by atoms with Gasteiger partial charge in [0.05, 0.1) is 11.7 Å². The number of hydrogen-bond donors (Lipinski definition) is 1. The number of carbonyl (C=O) groups is 1. The molecule has 5 heteroatoms. The summed E-state index contributed by atoms with van der Waals surface area (Å²) in [6, 6.07) is 18.1. The van der Waals surface area contributed by atoms with Crippen molar-refractivity contribution in [2.75, 3.05) is 0 Å². The molecule has 3 aromatic rings. The van der Waals surface area contributed by atoms with E-state index in [1.54, 1.807) is 6.20 Å². The minimum atomic E-state index is -0.263. The molecule has 126 valence electrons. The first-order valence-electron chi connectivity index (χ1n) is 8.40. The molecule has 0 radical (unpaired) electrons. The Morgan fingerprint density at radius 1 is 1.08 bits per heavy atom. The molecule has 0 unspecified atom stereocenters. The lowest BCUT2D eigenvalue weighted by atomic mass is 9.93. The number of nitrogens with two attached hydrogens (primary N) is 1. The van der Waals surface area contributed by atoms with Gasteiger partial charge < -0.3 is 5.73 Å². The van der Waals surface area contributed by atoms with Crippen molar-refractivity contribution in [2.24, 2.45) is 5.73 Å². The molecule has 0 saturated carbocycles. The van der Waals surface area contributed by atoms with E-state index in [9.17, 15) is 4.79 Å². The summed E-state index contributed by atoms with van der Waals surface area (Å²) in [6.45, 7) is 1.44. The van der Waals surface area contributed by atoms with E-state index >= 15 is 0 Å². The van der Waals surface area contributed by atoms with Gasteiger partial charge in [0.25, 0.3) is 0 Å². The van der Waals surface area contributed by atoms with Gasteiger partial charge in [-0.2, -0.15) is 5.10 Å². The van der Waals surface area contributed by atoms with Gasteiger partial charge >= 0.3 is 0 Å². The molecular formula is C20H20N4O. The van der Waals surface area contributed by atoms with Gasteiger partial charge in [-0.1, -0.05) is 36.4 Å². The topological polar surface area (TPSA) is 64.2 Å². The lowest BCUT2D eigenvalue weighted by Crippen LogP contribution is -2.48. The second-order valence-corrected chi connectivity index (χ2v) is 6.41. The molecule has 1 aliphatic heterocycles. The Balaban J connectivity index is 1.55. The van der Waals surface area contributed by atoms with Crippen molar-refractivity contribution >= 4 is 5.91 Å². The maximum atomic E-state index is 11.9. The summed E-state index contributed by atoms with van der Waals surface area (Å²) in [6.07, 6.45) is 4.35. The van der Waals surface area contributed by atoms with Crippen LogP contribution < -0.4 is 5.73 Å². The molecule has 2 aromatic carbocycles. The second-order valence-electron chi connectivity index (χ2n) is 6.41. The Morgan fingerprint density at radius 2 is 1.84 bits per heavy atom. The Morgan fingerprint density at radius 3 is 2.52 bits per heavy atom. The summed E-state index contributed by atoms with van der Waals surface area (Å²) in [5.74, 6) is -0.261. The number of hydrogen-bond acceptors (Lipinski definition) is 3. The molecule has 0 aliphatic carbocycles. The summed E-state index contributed by atoms with van der Waals surface area (Å²) < 4.78 is 1.83. The molecule has 1 aliphatic rings. The fraction of sp³-hybridized carbons (Fsp3) is 0.200. The van der Waals surface area contributed by atoms with Gasteiger partial charge in [0.1, 0.15) is 0 Å². The standard InChI is InChI=1S/C20H20N4O/c21-20(25)19-12-16-4-1-2-5-17(16)14-23(19)13-15-6-8-18(9-7-15)24-11-3-10-22-24/h1-11,19H,12-14H2,(H2,21,25)/t19-/m0/s1. The first-order valence-corrected chi connectivity index (χ1v) is 8.40. The Bertz CT molecular complexity index is 871. The zero-order valence-corrected chi connectivity index (χ0v) is 13.9. The van der Waals surface area contributed by atoms with Crippen LogP contribution in [-0.2, 0) is 24.3 Å². The Kier molecular flexibility index (Phi) is 4.07. The SMILES string of the molecule is NC(=O)[C@@H]1Cc2ccccc2CN1Cc1ccc(-n2cccn2)cc1. The first kappa shape index (κ1) is 15.6. The van der Waals surface area contributed by atoms with Crippen LogP contribution in [0.4, 0.5) is 0 Å². The maximum Gasteiger partial charge on any atom is 0.235 e. The zero-order valence-electron chi connectivity index (χ0n) is 13.9. The number of carbonyl (C=O) groups excluding carboxylic acids is 1. The Labute approximate surface area is 146 Å². The van der Waals surface area contributed by atoms with Gasteiger partial charge in [-0.3, -0.25) is 9.69 Å². The number of benzene rings is 2. The number of primary amides is 1. The molecule has 0 bridgehead atoms. The summed E-state index contributed by atoms with van der Waals surface area (Å²) in [5, 5.41) is 4.24. The number of amides is 1. The predicted octanol–water partition coefficient (Wildman–Crippen LogP) is 2.28. The van der Waals surface area contributed by atoms with Gasteiger partial charge in [-0.15, -0.1) is 0 Å². The van der Waals surface area contributed by atoms with E-state index in [-0.39, 0.29) is 11.9 Å². The van der Waals surface area contributed by atoms with Crippen LogP contribution in [0.25, 0.3) is 5.69 Å². The third-order valence-corrected chi connectivity index (χ3v) is 4.77. The van der Waals surface area contributed by atoms with Crippen molar-refractivity contribution in [2.45, 2.75) is 25.6 Å². The third kappa shape index (κ3) is 3.19. The van der Waals surface area contributed by atoms with Crippen LogP contribution in [0.5, 0.6) is 0 Å². The van der Waals surface area contributed by atoms with E-state index < -0.39 is 0 Å². The van der Waals surface area contributed by atoms with Crippen molar-refractivity contribution in [3.63, 3.8) is 0 Å². The van der Waals surface area contributed by atoms with E-state index in [1.165, 1.54) is 11.1 Å². The number of fused-ring (bicyclic) bond motifs is 1. The van der Waals surface area contributed by atoms with Gasteiger partial charge in [-0.25, -0.2) is 4.68 Å². The fourth-order valence-corrected chi connectivity index (χ4v) is 3.43. The number of nitrogens with zero attached hydrogens (tertiary/aromatic N) is 3. The average Bonchev–Trinajstić information content (AvgIpc) is 3.16. The summed E-state index contributed by atoms with van der Waals surface area (Å²) in [5.41, 5.74) is 10.3. The van der Waals surface area contributed by atoms with Gasteiger partial charge in [0, 0.05) is 25.5 Å². The van der Waals surface area contributed by atoms with Crippen LogP contribution in [0.15, 0.2) is 67.0 Å². The highest BCUT2D eigenvalue weighted by Crippen LogP contribution is 2.25. The molecule has 25 heavy (non-hydrogen) atoms. The molecular weight excluding hydrogens is 312 g/mol. The highest BCUT2D eigenvalue weighted by atomic mass is 16.1.